The molecule has 0 spiro atoms. The van der Waals surface area contributed by atoms with Crippen LogP contribution in [0.5, 0.6) is 0 Å². The molecule has 0 aliphatic carbocycles. The van der Waals surface area contributed by atoms with Gasteiger partial charge in [-0.3, -0.25) is 0 Å². The van der Waals surface area contributed by atoms with Gasteiger partial charge in [0.15, 0.2) is 0 Å². The molecule has 0 fully saturated rings. The van der Waals surface area contributed by atoms with E-state index in [1.807, 2.05) is 6.07 Å². The largest absolute Gasteiger partial charge is 0.389 e. The maximum atomic E-state index is 11.6. The van der Waals surface area contributed by atoms with Crippen molar-refractivity contribution in [1.29, 1.82) is 0 Å². The first kappa shape index (κ1) is 15.5. The summed E-state index contributed by atoms with van der Waals surface area (Å²) in [6.07, 6.45) is 1.27. The fourth-order valence-corrected chi connectivity index (χ4v) is 1.62. The van der Waals surface area contributed by atoms with Gasteiger partial charge in [0.1, 0.15) is 0 Å². The summed E-state index contributed by atoms with van der Waals surface area (Å²) in [5.74, 6) is 0. The molecule has 5 nitrogen and oxygen atoms in total. The predicted molar refractivity (Wildman–Crippen MR) is 75.2 cm³/mol. The summed E-state index contributed by atoms with van der Waals surface area (Å²) in [5, 5.41) is 15.0. The van der Waals surface area contributed by atoms with Crippen LogP contribution in [0.2, 0.25) is 0 Å². The zero-order chi connectivity index (χ0) is 14.1. The average molecular weight is 266 g/mol. The van der Waals surface area contributed by atoms with Crippen LogP contribution in [0.1, 0.15) is 31.4 Å². The molecule has 0 heterocycles. The number of unbranched alkanes of at least 4 members (excludes halogenated alkanes) is 1. The fourth-order valence-electron chi connectivity index (χ4n) is 1.62. The number of methoxy groups -OCH3 is 1. The van der Waals surface area contributed by atoms with Crippen LogP contribution in [-0.2, 0) is 4.74 Å². The quantitative estimate of drug-likeness (QED) is 0.663. The number of aliphatic hydroxyl groups excluding tert-OH is 1. The van der Waals surface area contributed by atoms with Crippen LogP contribution in [0.4, 0.5) is 10.5 Å². The number of nitrogens with one attached hydrogen (secondary N) is 2. The molecule has 0 saturated heterocycles. The first-order valence-electron chi connectivity index (χ1n) is 6.45. The average Bonchev–Trinajstić information content (AvgIpc) is 2.38. The molecule has 1 aromatic rings. The number of hydrogen-bond acceptors (Lipinski definition) is 3. The lowest BCUT2D eigenvalue weighted by atomic mass is 10.1. The Morgan fingerprint density at radius 2 is 2.21 bits per heavy atom. The third-order valence-electron chi connectivity index (χ3n) is 2.69. The molecule has 1 unspecified atom stereocenters. The molecule has 3 N–H and O–H groups in total. The Morgan fingerprint density at radius 3 is 2.89 bits per heavy atom. The van der Waals surface area contributed by atoms with E-state index >= 15 is 0 Å². The van der Waals surface area contributed by atoms with E-state index in [0.717, 1.165) is 18.4 Å². The highest BCUT2D eigenvalue weighted by Crippen LogP contribution is 2.16. The van der Waals surface area contributed by atoms with Crippen LogP contribution in [0.3, 0.4) is 0 Å². The summed E-state index contributed by atoms with van der Waals surface area (Å²) < 4.78 is 4.93. The van der Waals surface area contributed by atoms with Gasteiger partial charge in [-0.25, -0.2) is 4.79 Å². The standard InChI is InChI=1S/C14H22N2O3/c1-11(17)12-6-5-7-13(10-12)16-14(18)15-8-3-4-9-19-2/h5-7,10-11,17H,3-4,8-9H2,1-2H3,(H2,15,16,18). The second kappa shape index (κ2) is 8.50. The number of ether oxygens (including phenoxy) is 1. The Kier molecular flexibility index (Phi) is 6.92. The molecule has 5 heteroatoms. The highest BCUT2D eigenvalue weighted by atomic mass is 16.5. The molecule has 0 aliphatic rings. The van der Waals surface area contributed by atoms with Gasteiger partial charge in [-0.1, -0.05) is 12.1 Å². The first-order chi connectivity index (χ1) is 9.13. The van der Waals surface area contributed by atoms with Crippen LogP contribution in [0, 0.1) is 0 Å². The van der Waals surface area contributed by atoms with Crippen LogP contribution in [-0.4, -0.2) is 31.4 Å². The summed E-state index contributed by atoms with van der Waals surface area (Å²) >= 11 is 0. The van der Waals surface area contributed by atoms with Gasteiger partial charge in [0.25, 0.3) is 0 Å². The van der Waals surface area contributed by atoms with Crippen molar-refractivity contribution in [2.45, 2.75) is 25.9 Å². The molecular formula is C14H22N2O3. The molecule has 0 radical (unpaired) electrons. The number of urea groups is 1. The maximum Gasteiger partial charge on any atom is 0.319 e. The van der Waals surface area contributed by atoms with Crippen molar-refractivity contribution < 1.29 is 14.6 Å². The maximum absolute atomic E-state index is 11.6. The molecule has 1 atom stereocenters. The summed E-state index contributed by atoms with van der Waals surface area (Å²) in [6.45, 7) is 3.01. The Labute approximate surface area is 114 Å². The number of aliphatic hydroxyl groups is 1. The lowest BCUT2D eigenvalue weighted by molar-refractivity contribution is 0.192. The van der Waals surface area contributed by atoms with Crippen molar-refractivity contribution in [3.05, 3.63) is 29.8 Å². The van der Waals surface area contributed by atoms with Gasteiger partial charge in [-0.05, 0) is 37.5 Å². The van der Waals surface area contributed by atoms with E-state index in [2.05, 4.69) is 10.6 Å². The molecule has 0 saturated carbocycles. The normalized spacial score (nSPS) is 11.9. The van der Waals surface area contributed by atoms with E-state index in [0.29, 0.717) is 18.8 Å². The molecule has 1 aromatic carbocycles. The first-order valence-corrected chi connectivity index (χ1v) is 6.45. The Balaban J connectivity index is 2.33. The van der Waals surface area contributed by atoms with Crippen molar-refractivity contribution in [2.24, 2.45) is 0 Å². The number of carbonyl (C=O) groups excluding carboxylic acids is 1. The topological polar surface area (TPSA) is 70.6 Å². The molecule has 106 valence electrons. The molecule has 0 aliphatic heterocycles. The number of rotatable bonds is 7. The molecule has 19 heavy (non-hydrogen) atoms. The van der Waals surface area contributed by atoms with Crippen LogP contribution in [0.15, 0.2) is 24.3 Å². The molecule has 0 aromatic heterocycles. The van der Waals surface area contributed by atoms with E-state index in [4.69, 9.17) is 4.74 Å². The van der Waals surface area contributed by atoms with Gasteiger partial charge in [-0.15, -0.1) is 0 Å². The van der Waals surface area contributed by atoms with Gasteiger partial charge in [0, 0.05) is 25.9 Å². The summed E-state index contributed by atoms with van der Waals surface area (Å²) in [4.78, 5) is 11.6. The highest BCUT2D eigenvalue weighted by molar-refractivity contribution is 5.89. The zero-order valence-corrected chi connectivity index (χ0v) is 11.5. The fraction of sp³-hybridized carbons (Fsp3) is 0.500. The minimum atomic E-state index is -0.543. The van der Waals surface area contributed by atoms with Crippen molar-refractivity contribution >= 4 is 11.7 Å². The minimum absolute atomic E-state index is 0.236. The van der Waals surface area contributed by atoms with E-state index < -0.39 is 6.10 Å². The second-order valence-electron chi connectivity index (χ2n) is 4.38. The van der Waals surface area contributed by atoms with Gasteiger partial charge < -0.3 is 20.5 Å². The number of hydrogen-bond donors (Lipinski definition) is 3. The monoisotopic (exact) mass is 266 g/mol. The molecule has 2 amide bonds. The van der Waals surface area contributed by atoms with Gasteiger partial charge in [0.05, 0.1) is 6.10 Å². The van der Waals surface area contributed by atoms with Crippen molar-refractivity contribution in [3.63, 3.8) is 0 Å². The third kappa shape index (κ3) is 6.22. The number of benzene rings is 1. The molecular weight excluding hydrogens is 244 g/mol. The Morgan fingerprint density at radius 1 is 1.42 bits per heavy atom. The predicted octanol–water partition coefficient (Wildman–Crippen LogP) is 2.29. The third-order valence-corrected chi connectivity index (χ3v) is 2.69. The summed E-state index contributed by atoms with van der Waals surface area (Å²) in [5.41, 5.74) is 1.45. The number of amides is 2. The lowest BCUT2D eigenvalue weighted by Gasteiger charge is -2.10. The van der Waals surface area contributed by atoms with Crippen LogP contribution < -0.4 is 10.6 Å². The van der Waals surface area contributed by atoms with E-state index in [9.17, 15) is 9.90 Å². The molecule has 0 bridgehead atoms. The van der Waals surface area contributed by atoms with E-state index in [1.54, 1.807) is 32.2 Å². The Hall–Kier alpha value is -1.59. The lowest BCUT2D eigenvalue weighted by Crippen LogP contribution is -2.29. The Bertz CT molecular complexity index is 394. The van der Waals surface area contributed by atoms with Gasteiger partial charge in [0.2, 0.25) is 0 Å². The summed E-state index contributed by atoms with van der Waals surface area (Å²) in [6, 6.07) is 6.93. The summed E-state index contributed by atoms with van der Waals surface area (Å²) in [7, 11) is 1.66. The van der Waals surface area contributed by atoms with Crippen molar-refractivity contribution in [3.8, 4) is 0 Å². The number of carbonyl (C=O) groups is 1. The minimum Gasteiger partial charge on any atom is -0.389 e. The number of anilines is 1. The second-order valence-corrected chi connectivity index (χ2v) is 4.38. The van der Waals surface area contributed by atoms with Crippen molar-refractivity contribution in [1.82, 2.24) is 5.32 Å². The van der Waals surface area contributed by atoms with Crippen LogP contribution in [0.25, 0.3) is 0 Å². The highest BCUT2D eigenvalue weighted by Gasteiger charge is 2.04. The zero-order valence-electron chi connectivity index (χ0n) is 11.5. The van der Waals surface area contributed by atoms with Gasteiger partial charge in [-0.2, -0.15) is 0 Å². The van der Waals surface area contributed by atoms with E-state index in [-0.39, 0.29) is 6.03 Å². The SMILES string of the molecule is COCCCCNC(=O)Nc1cccc(C(C)O)c1. The van der Waals surface area contributed by atoms with E-state index in [1.165, 1.54) is 0 Å². The van der Waals surface area contributed by atoms with Gasteiger partial charge >= 0.3 is 6.03 Å². The van der Waals surface area contributed by atoms with Crippen molar-refractivity contribution in [2.75, 3.05) is 25.6 Å². The smallest absolute Gasteiger partial charge is 0.319 e. The molecule has 1 rings (SSSR count). The van der Waals surface area contributed by atoms with Crippen LogP contribution >= 0.6 is 0 Å².